The number of fused-ring (bicyclic) bond motifs is 1. The van der Waals surface area contributed by atoms with Crippen LogP contribution in [-0.4, -0.2) is 54.1 Å². The lowest BCUT2D eigenvalue weighted by molar-refractivity contribution is -0.137. The van der Waals surface area contributed by atoms with Crippen LogP contribution in [0.2, 0.25) is 0 Å². The molecule has 34 heavy (non-hydrogen) atoms. The van der Waals surface area contributed by atoms with Crippen molar-refractivity contribution in [2.75, 3.05) is 32.2 Å². The number of hydrogen-bond acceptors (Lipinski definition) is 8. The summed E-state index contributed by atoms with van der Waals surface area (Å²) < 4.78 is 10.5. The lowest BCUT2D eigenvalue weighted by Crippen LogP contribution is -2.14. The Balaban J connectivity index is 1.55. The number of nitrogens with zero attached hydrogens (tertiary/aromatic N) is 3. The summed E-state index contributed by atoms with van der Waals surface area (Å²) in [5.74, 6) is 0.601. The van der Waals surface area contributed by atoms with E-state index in [4.69, 9.17) is 20.2 Å². The summed E-state index contributed by atoms with van der Waals surface area (Å²) in [5.41, 5.74) is 9.82. The molecule has 2 aromatic heterocycles. The van der Waals surface area contributed by atoms with Crippen molar-refractivity contribution >= 4 is 18.0 Å². The molecule has 0 fully saturated rings. The Labute approximate surface area is 200 Å². The standard InChI is InChI=1S/C25H33N5O4/c1-33-12-13-34-22-14-19(16-27-17-22)23(15-24(31)32)28-11-9-20(26)5-2-6-21-8-7-18-4-3-10-29-25(18)30-21/h7-9,11,14,16-17,23H,2-6,10,12-13,15,26H2,1H3,(H,29,30)(H,31,32). The topological polar surface area (TPSA) is 132 Å². The summed E-state index contributed by atoms with van der Waals surface area (Å²) in [6.07, 6.45) is 10.9. The first kappa shape index (κ1) is 25.2. The summed E-state index contributed by atoms with van der Waals surface area (Å²) in [6, 6.07) is 5.41. The Morgan fingerprint density at radius 1 is 1.35 bits per heavy atom. The van der Waals surface area contributed by atoms with E-state index >= 15 is 0 Å². The van der Waals surface area contributed by atoms with Crippen molar-refractivity contribution in [1.29, 1.82) is 0 Å². The molecular weight excluding hydrogens is 434 g/mol. The highest BCUT2D eigenvalue weighted by Gasteiger charge is 2.15. The summed E-state index contributed by atoms with van der Waals surface area (Å²) >= 11 is 0. The smallest absolute Gasteiger partial charge is 0.305 e. The maximum absolute atomic E-state index is 11.3. The SMILES string of the molecule is COCCOc1cncc(C(CC(=O)O)N=CC=C(N)CCCc2ccc3c(n2)NCCC3)c1. The molecule has 9 nitrogen and oxygen atoms in total. The summed E-state index contributed by atoms with van der Waals surface area (Å²) in [7, 11) is 1.59. The van der Waals surface area contributed by atoms with Crippen LogP contribution in [0, 0.1) is 0 Å². The summed E-state index contributed by atoms with van der Waals surface area (Å²) in [4.78, 5) is 24.6. The zero-order valence-corrected chi connectivity index (χ0v) is 19.6. The van der Waals surface area contributed by atoms with E-state index in [-0.39, 0.29) is 6.42 Å². The molecule has 0 aliphatic carbocycles. The van der Waals surface area contributed by atoms with Gasteiger partial charge in [0.15, 0.2) is 0 Å². The van der Waals surface area contributed by atoms with Gasteiger partial charge in [-0.05, 0) is 61.4 Å². The van der Waals surface area contributed by atoms with Gasteiger partial charge in [-0.2, -0.15) is 0 Å². The Bertz CT molecular complexity index is 1010. The molecule has 0 saturated carbocycles. The minimum atomic E-state index is -0.947. The van der Waals surface area contributed by atoms with Gasteiger partial charge in [0.2, 0.25) is 0 Å². The Morgan fingerprint density at radius 2 is 2.24 bits per heavy atom. The van der Waals surface area contributed by atoms with Crippen LogP contribution in [0.4, 0.5) is 5.82 Å². The van der Waals surface area contributed by atoms with Crippen LogP contribution in [0.3, 0.4) is 0 Å². The van der Waals surface area contributed by atoms with Crippen LogP contribution in [0.25, 0.3) is 0 Å². The minimum absolute atomic E-state index is 0.161. The first-order valence-corrected chi connectivity index (χ1v) is 11.5. The molecule has 182 valence electrons. The van der Waals surface area contributed by atoms with Crippen molar-refractivity contribution in [1.82, 2.24) is 9.97 Å². The first-order valence-electron chi connectivity index (χ1n) is 11.5. The van der Waals surface area contributed by atoms with E-state index in [2.05, 4.69) is 27.4 Å². The predicted molar refractivity (Wildman–Crippen MR) is 131 cm³/mol. The number of anilines is 1. The number of aliphatic carboxylic acids is 1. The molecule has 0 amide bonds. The van der Waals surface area contributed by atoms with E-state index in [9.17, 15) is 9.90 Å². The molecule has 0 bridgehead atoms. The predicted octanol–water partition coefficient (Wildman–Crippen LogP) is 3.31. The van der Waals surface area contributed by atoms with Gasteiger partial charge in [-0.15, -0.1) is 0 Å². The number of allylic oxidation sites excluding steroid dienone is 2. The number of methoxy groups -OCH3 is 1. The maximum Gasteiger partial charge on any atom is 0.305 e. The molecule has 0 saturated heterocycles. The number of ether oxygens (including phenoxy) is 2. The fourth-order valence-electron chi connectivity index (χ4n) is 3.67. The number of nitrogens with two attached hydrogens (primary N) is 1. The van der Waals surface area contributed by atoms with Gasteiger partial charge in [0.1, 0.15) is 18.2 Å². The molecule has 3 rings (SSSR count). The lowest BCUT2D eigenvalue weighted by atomic mass is 10.1. The number of aromatic nitrogens is 2. The van der Waals surface area contributed by atoms with Gasteiger partial charge in [0, 0.05) is 37.5 Å². The highest BCUT2D eigenvalue weighted by Crippen LogP contribution is 2.24. The van der Waals surface area contributed by atoms with Gasteiger partial charge in [-0.25, -0.2) is 4.98 Å². The molecule has 0 aromatic carbocycles. The zero-order chi connectivity index (χ0) is 24.2. The van der Waals surface area contributed by atoms with Gasteiger partial charge < -0.3 is 25.6 Å². The summed E-state index contributed by atoms with van der Waals surface area (Å²) in [6.45, 7) is 1.80. The van der Waals surface area contributed by atoms with Crippen molar-refractivity contribution < 1.29 is 19.4 Å². The molecule has 1 unspecified atom stereocenters. The highest BCUT2D eigenvalue weighted by atomic mass is 16.5. The number of carboxylic acid groups (broad SMARTS) is 1. The molecular formula is C25H33N5O4. The average molecular weight is 468 g/mol. The second kappa shape index (κ2) is 13.3. The molecule has 1 atom stereocenters. The molecule has 1 aliphatic rings. The normalized spacial score (nSPS) is 14.4. The maximum atomic E-state index is 11.3. The second-order valence-electron chi connectivity index (χ2n) is 8.14. The molecule has 9 heteroatoms. The molecule has 2 aromatic rings. The van der Waals surface area contributed by atoms with Crippen LogP contribution >= 0.6 is 0 Å². The molecule has 1 aliphatic heterocycles. The number of aryl methyl sites for hydroxylation is 2. The Kier molecular flexibility index (Phi) is 9.84. The van der Waals surface area contributed by atoms with E-state index in [0.29, 0.717) is 36.6 Å². The van der Waals surface area contributed by atoms with E-state index in [1.54, 1.807) is 37.9 Å². The highest BCUT2D eigenvalue weighted by molar-refractivity contribution is 5.73. The second-order valence-corrected chi connectivity index (χ2v) is 8.14. The average Bonchev–Trinajstić information content (AvgIpc) is 2.83. The lowest BCUT2D eigenvalue weighted by Gasteiger charge is -2.17. The van der Waals surface area contributed by atoms with E-state index in [1.165, 1.54) is 5.56 Å². The van der Waals surface area contributed by atoms with Crippen molar-refractivity contribution in [2.24, 2.45) is 10.7 Å². The van der Waals surface area contributed by atoms with Gasteiger partial charge in [0.25, 0.3) is 0 Å². The van der Waals surface area contributed by atoms with E-state index < -0.39 is 12.0 Å². The third-order valence-corrected chi connectivity index (χ3v) is 5.45. The summed E-state index contributed by atoms with van der Waals surface area (Å²) in [5, 5.41) is 12.7. The molecule has 4 N–H and O–H groups in total. The molecule has 0 spiro atoms. The molecule has 3 heterocycles. The van der Waals surface area contributed by atoms with Gasteiger partial charge in [-0.1, -0.05) is 6.07 Å². The van der Waals surface area contributed by atoms with Gasteiger partial charge >= 0.3 is 5.97 Å². The third-order valence-electron chi connectivity index (χ3n) is 5.45. The van der Waals surface area contributed by atoms with E-state index in [1.807, 2.05) is 0 Å². The number of carbonyl (C=O) groups is 1. The quantitative estimate of drug-likeness (QED) is 0.302. The number of hydrogen-bond donors (Lipinski definition) is 3. The Hall–Kier alpha value is -3.46. The number of pyridine rings is 2. The first-order chi connectivity index (χ1) is 16.5. The number of aliphatic imine (C=N–C) groups is 1. The number of nitrogens with one attached hydrogen (secondary N) is 1. The van der Waals surface area contributed by atoms with Crippen molar-refractivity contribution in [3.8, 4) is 5.75 Å². The third kappa shape index (κ3) is 8.15. The van der Waals surface area contributed by atoms with Gasteiger partial charge in [0.05, 0.1) is 25.3 Å². The number of rotatable bonds is 13. The van der Waals surface area contributed by atoms with Crippen LogP contribution in [-0.2, 0) is 22.4 Å². The Morgan fingerprint density at radius 3 is 3.06 bits per heavy atom. The van der Waals surface area contributed by atoms with Crippen LogP contribution in [0.1, 0.15) is 48.5 Å². The minimum Gasteiger partial charge on any atom is -0.490 e. The largest absolute Gasteiger partial charge is 0.490 e. The fourth-order valence-corrected chi connectivity index (χ4v) is 3.67. The zero-order valence-electron chi connectivity index (χ0n) is 19.6. The van der Waals surface area contributed by atoms with Gasteiger partial charge in [-0.3, -0.25) is 14.8 Å². The van der Waals surface area contributed by atoms with Crippen LogP contribution in [0.5, 0.6) is 5.75 Å². The van der Waals surface area contributed by atoms with Crippen molar-refractivity contribution in [3.05, 3.63) is 59.2 Å². The van der Waals surface area contributed by atoms with Crippen LogP contribution in [0.15, 0.2) is 47.4 Å². The monoisotopic (exact) mass is 467 g/mol. The van der Waals surface area contributed by atoms with Crippen molar-refractivity contribution in [2.45, 2.75) is 44.6 Å². The molecule has 0 radical (unpaired) electrons. The van der Waals surface area contributed by atoms with Crippen LogP contribution < -0.4 is 15.8 Å². The van der Waals surface area contributed by atoms with E-state index in [0.717, 1.165) is 43.7 Å². The number of carboxylic acids is 1. The fraction of sp³-hybridized carbons (Fsp3) is 0.440. The van der Waals surface area contributed by atoms with Crippen molar-refractivity contribution in [3.63, 3.8) is 0 Å².